The topological polar surface area (TPSA) is 83.6 Å². The number of likely N-dealkylation sites (tertiary alicyclic amines) is 1. The highest BCUT2D eigenvalue weighted by Gasteiger charge is 2.33. The molecule has 0 saturated carbocycles. The first kappa shape index (κ1) is 26.6. The van der Waals surface area contributed by atoms with E-state index in [1.54, 1.807) is 30.4 Å². The molecule has 0 bridgehead atoms. The quantitative estimate of drug-likeness (QED) is 0.353. The summed E-state index contributed by atoms with van der Waals surface area (Å²) in [7, 11) is 0. The second-order valence-electron chi connectivity index (χ2n) is 8.62. The van der Waals surface area contributed by atoms with Gasteiger partial charge in [0.25, 0.3) is 0 Å². The predicted molar refractivity (Wildman–Crippen MR) is 137 cm³/mol. The van der Waals surface area contributed by atoms with Crippen molar-refractivity contribution in [2.24, 2.45) is 0 Å². The van der Waals surface area contributed by atoms with Crippen LogP contribution in [0.2, 0.25) is 0 Å². The van der Waals surface area contributed by atoms with Crippen LogP contribution in [0.25, 0.3) is 10.4 Å². The van der Waals surface area contributed by atoms with E-state index in [-0.39, 0.29) is 11.7 Å². The van der Waals surface area contributed by atoms with Gasteiger partial charge in [0.2, 0.25) is 0 Å². The van der Waals surface area contributed by atoms with Gasteiger partial charge in [-0.1, -0.05) is 24.3 Å². The minimum atomic E-state index is -4.57. The third-order valence-electron chi connectivity index (χ3n) is 6.03. The number of esters is 1. The van der Waals surface area contributed by atoms with Gasteiger partial charge in [0.1, 0.15) is 0 Å². The van der Waals surface area contributed by atoms with Gasteiger partial charge in [0.15, 0.2) is 0 Å². The third kappa shape index (κ3) is 7.07. The summed E-state index contributed by atoms with van der Waals surface area (Å²) in [5.41, 5.74) is 0.153. The van der Waals surface area contributed by atoms with Gasteiger partial charge >= 0.3 is 18.2 Å². The molecule has 4 rings (SSSR count). The van der Waals surface area contributed by atoms with E-state index in [4.69, 9.17) is 4.74 Å². The van der Waals surface area contributed by atoms with E-state index in [2.05, 4.69) is 20.5 Å². The van der Waals surface area contributed by atoms with Crippen molar-refractivity contribution < 1.29 is 27.5 Å². The van der Waals surface area contributed by atoms with Crippen LogP contribution in [0.5, 0.6) is 0 Å². The molecule has 0 radical (unpaired) electrons. The second-order valence-corrected chi connectivity index (χ2v) is 9.68. The Bertz CT molecular complexity index is 1220. The van der Waals surface area contributed by atoms with Gasteiger partial charge in [0, 0.05) is 17.8 Å². The fraction of sp³-hybridized carbons (Fsp3) is 0.346. The number of alkyl halides is 3. The molecule has 2 N–H and O–H groups in total. The summed E-state index contributed by atoms with van der Waals surface area (Å²) in [6, 6.07) is 11.1. The number of anilines is 2. The van der Waals surface area contributed by atoms with Gasteiger partial charge in [-0.25, -0.2) is 9.78 Å². The highest BCUT2D eigenvalue weighted by molar-refractivity contribution is 7.15. The van der Waals surface area contributed by atoms with Gasteiger partial charge in [0.05, 0.1) is 34.3 Å². The van der Waals surface area contributed by atoms with E-state index in [0.29, 0.717) is 24.8 Å². The van der Waals surface area contributed by atoms with Crippen molar-refractivity contribution in [1.82, 2.24) is 9.88 Å². The van der Waals surface area contributed by atoms with Crippen molar-refractivity contribution in [2.45, 2.75) is 31.9 Å². The van der Waals surface area contributed by atoms with Crippen molar-refractivity contribution in [3.8, 4) is 10.4 Å². The van der Waals surface area contributed by atoms with E-state index in [0.717, 1.165) is 47.4 Å². The highest BCUT2D eigenvalue weighted by Crippen LogP contribution is 2.36. The Kier molecular flexibility index (Phi) is 8.45. The smallest absolute Gasteiger partial charge is 0.418 e. The zero-order valence-corrected chi connectivity index (χ0v) is 21.0. The van der Waals surface area contributed by atoms with E-state index in [1.165, 1.54) is 18.2 Å². The number of aromatic nitrogens is 1. The number of ether oxygens (including phenoxy) is 1. The van der Waals surface area contributed by atoms with Crippen LogP contribution in [0.15, 0.2) is 54.7 Å². The highest BCUT2D eigenvalue weighted by atomic mass is 32.1. The average Bonchev–Trinajstić information content (AvgIpc) is 3.35. The molecule has 2 heterocycles. The first-order valence-corrected chi connectivity index (χ1v) is 12.7. The lowest BCUT2D eigenvalue weighted by Crippen LogP contribution is -2.37. The molecule has 0 atom stereocenters. The minimum Gasteiger partial charge on any atom is -0.465 e. The molecule has 37 heavy (non-hydrogen) atoms. The molecule has 1 aliphatic rings. The molecule has 2 amide bonds. The number of nitrogens with one attached hydrogen (secondary N) is 2. The number of thiazole rings is 1. The number of para-hydroxylation sites is 1. The first-order chi connectivity index (χ1) is 17.7. The SMILES string of the molecule is CCOC(=O)CN1CCC(c2ncc(-c3ccc(NC(=O)Nc4ccccc4C(F)(F)F)cc3)s2)CC1. The third-order valence-corrected chi connectivity index (χ3v) is 7.24. The molecule has 1 aromatic heterocycles. The Balaban J connectivity index is 1.32. The molecule has 1 aliphatic heterocycles. The van der Waals surface area contributed by atoms with Crippen molar-refractivity contribution in [2.75, 3.05) is 36.9 Å². The average molecular weight is 533 g/mol. The summed E-state index contributed by atoms with van der Waals surface area (Å²) >= 11 is 1.61. The van der Waals surface area contributed by atoms with Crippen molar-refractivity contribution in [3.05, 3.63) is 65.3 Å². The fourth-order valence-corrected chi connectivity index (χ4v) is 5.27. The minimum absolute atomic E-state index is 0.195. The number of benzene rings is 2. The van der Waals surface area contributed by atoms with Crippen LogP contribution in [0.4, 0.5) is 29.3 Å². The summed E-state index contributed by atoms with van der Waals surface area (Å²) in [6.45, 7) is 4.13. The lowest BCUT2D eigenvalue weighted by Gasteiger charge is -2.30. The van der Waals surface area contributed by atoms with Crippen LogP contribution < -0.4 is 10.6 Å². The number of rotatable bonds is 7. The summed E-state index contributed by atoms with van der Waals surface area (Å²) in [6.07, 6.45) is -0.906. The number of halogens is 3. The lowest BCUT2D eigenvalue weighted by molar-refractivity contribution is -0.144. The lowest BCUT2D eigenvalue weighted by atomic mass is 9.97. The number of carbonyl (C=O) groups is 2. The van der Waals surface area contributed by atoms with Crippen LogP contribution in [-0.4, -0.2) is 48.1 Å². The molecule has 1 fully saturated rings. The Hall–Kier alpha value is -3.44. The number of hydrogen-bond donors (Lipinski definition) is 2. The van der Waals surface area contributed by atoms with Crippen LogP contribution in [0.3, 0.4) is 0 Å². The zero-order valence-electron chi connectivity index (χ0n) is 20.2. The Morgan fingerprint density at radius 1 is 1.08 bits per heavy atom. The molecule has 3 aromatic rings. The summed E-state index contributed by atoms with van der Waals surface area (Å²) in [4.78, 5) is 31.7. The van der Waals surface area contributed by atoms with Crippen LogP contribution >= 0.6 is 11.3 Å². The molecule has 0 unspecified atom stereocenters. The molecule has 11 heteroatoms. The van der Waals surface area contributed by atoms with Gasteiger partial charge in [-0.2, -0.15) is 13.2 Å². The number of carbonyl (C=O) groups excluding carboxylic acids is 2. The maximum Gasteiger partial charge on any atom is 0.418 e. The predicted octanol–water partition coefficient (Wildman–Crippen LogP) is 6.22. The second kappa shape index (κ2) is 11.7. The number of amides is 2. The van der Waals surface area contributed by atoms with Gasteiger partial charge in [-0.15, -0.1) is 11.3 Å². The van der Waals surface area contributed by atoms with Gasteiger partial charge in [-0.3, -0.25) is 9.69 Å². The van der Waals surface area contributed by atoms with E-state index < -0.39 is 17.8 Å². The van der Waals surface area contributed by atoms with Crippen molar-refractivity contribution in [1.29, 1.82) is 0 Å². The normalized spacial score (nSPS) is 14.8. The molecule has 1 saturated heterocycles. The number of nitrogens with zero attached hydrogens (tertiary/aromatic N) is 2. The molecule has 7 nitrogen and oxygen atoms in total. The van der Waals surface area contributed by atoms with Crippen LogP contribution in [0.1, 0.15) is 36.3 Å². The maximum absolute atomic E-state index is 13.1. The molecular formula is C26H27F3N4O3S. The largest absolute Gasteiger partial charge is 0.465 e. The number of hydrogen-bond acceptors (Lipinski definition) is 6. The van der Waals surface area contributed by atoms with E-state index >= 15 is 0 Å². The van der Waals surface area contributed by atoms with Crippen LogP contribution in [-0.2, 0) is 15.7 Å². The Morgan fingerprint density at radius 3 is 2.46 bits per heavy atom. The monoisotopic (exact) mass is 532 g/mol. The standard InChI is InChI=1S/C26H27F3N4O3S/c1-2-36-23(34)16-33-13-11-18(12-14-33)24-30-15-22(37-24)17-7-9-19(10-8-17)31-25(35)32-21-6-4-3-5-20(21)26(27,28)29/h3-10,15,18H,2,11-14,16H2,1H3,(H2,31,32,35). The Labute approximate surface area is 216 Å². The van der Waals surface area contributed by atoms with Crippen LogP contribution in [0, 0.1) is 0 Å². The number of urea groups is 1. The fourth-order valence-electron chi connectivity index (χ4n) is 4.18. The number of piperidine rings is 1. The van der Waals surface area contributed by atoms with E-state index in [1.807, 2.05) is 18.3 Å². The van der Waals surface area contributed by atoms with Gasteiger partial charge < -0.3 is 15.4 Å². The molecule has 2 aromatic carbocycles. The van der Waals surface area contributed by atoms with Crippen molar-refractivity contribution >= 4 is 34.7 Å². The first-order valence-electron chi connectivity index (χ1n) is 11.9. The summed E-state index contributed by atoms with van der Waals surface area (Å²) < 4.78 is 44.5. The summed E-state index contributed by atoms with van der Waals surface area (Å²) in [5.74, 6) is 0.139. The maximum atomic E-state index is 13.1. The molecule has 196 valence electrons. The molecule has 0 aliphatic carbocycles. The zero-order chi connectivity index (χ0) is 26.4. The molecular weight excluding hydrogens is 505 g/mol. The van der Waals surface area contributed by atoms with E-state index in [9.17, 15) is 22.8 Å². The Morgan fingerprint density at radius 2 is 1.78 bits per heavy atom. The van der Waals surface area contributed by atoms with Gasteiger partial charge in [-0.05, 0) is 62.7 Å². The molecule has 0 spiro atoms. The summed E-state index contributed by atoms with van der Waals surface area (Å²) in [5, 5.41) is 5.88. The van der Waals surface area contributed by atoms with Crippen molar-refractivity contribution in [3.63, 3.8) is 0 Å².